The van der Waals surface area contributed by atoms with Gasteiger partial charge < -0.3 is 10.2 Å². The van der Waals surface area contributed by atoms with E-state index in [9.17, 15) is 4.39 Å². The first-order valence-corrected chi connectivity index (χ1v) is 12.9. The highest BCUT2D eigenvalue weighted by atomic mass is 32.1. The van der Waals surface area contributed by atoms with Crippen molar-refractivity contribution in [3.8, 4) is 11.1 Å². The Morgan fingerprint density at radius 1 is 0.919 bits per heavy atom. The summed E-state index contributed by atoms with van der Waals surface area (Å²) in [4.78, 5) is 13.0. The monoisotopic (exact) mass is 519 g/mol. The number of benzene rings is 3. The molecule has 37 heavy (non-hydrogen) atoms. The van der Waals surface area contributed by atoms with Gasteiger partial charge in [-0.1, -0.05) is 18.2 Å². The number of halogens is 3. The van der Waals surface area contributed by atoms with Gasteiger partial charge in [0.05, 0.1) is 15.7 Å². The zero-order valence-corrected chi connectivity index (χ0v) is 21.0. The molecule has 0 saturated carbocycles. The van der Waals surface area contributed by atoms with Gasteiger partial charge >= 0.3 is 0 Å². The number of pyridine rings is 1. The van der Waals surface area contributed by atoms with E-state index in [1.54, 1.807) is 42.6 Å². The number of hydrogen-bond donors (Lipinski definition) is 1. The van der Waals surface area contributed by atoms with Crippen LogP contribution in [0.2, 0.25) is 0 Å². The molecule has 5 nitrogen and oxygen atoms in total. The lowest BCUT2D eigenvalue weighted by atomic mass is 10.00. The normalized spacial score (nSPS) is 15.0. The topological polar surface area (TPSA) is 44.3 Å². The lowest BCUT2D eigenvalue weighted by Gasteiger charge is -2.32. The first kappa shape index (κ1) is 23.8. The lowest BCUT2D eigenvalue weighted by Crippen LogP contribution is -2.43. The maximum atomic E-state index is 15.3. The standard InChI is InChI=1S/C28H24F3N5S/c1-35-8-10-36(11-9-35)15-17-2-4-19(21(29)12-17)18-3-5-23-20(13-18)24(6-7-32-23)34-27-22(30)14-25-28(26(27)31)33-16-37-25/h2-7,12-14,16H,8-11,15H2,1H3,(H,32,34). The molecule has 1 aliphatic rings. The van der Waals surface area contributed by atoms with Crippen molar-refractivity contribution in [3.63, 3.8) is 0 Å². The minimum absolute atomic E-state index is 0.117. The highest BCUT2D eigenvalue weighted by Gasteiger charge is 2.18. The predicted octanol–water partition coefficient (Wildman–Crippen LogP) is 6.42. The van der Waals surface area contributed by atoms with Crippen molar-refractivity contribution in [2.45, 2.75) is 6.54 Å². The molecule has 1 aliphatic heterocycles. The molecule has 0 radical (unpaired) electrons. The molecule has 0 spiro atoms. The lowest BCUT2D eigenvalue weighted by molar-refractivity contribution is 0.148. The summed E-state index contributed by atoms with van der Waals surface area (Å²) in [6.07, 6.45) is 1.56. The minimum Gasteiger partial charge on any atom is -0.350 e. The van der Waals surface area contributed by atoms with E-state index in [4.69, 9.17) is 0 Å². The van der Waals surface area contributed by atoms with E-state index in [0.29, 0.717) is 39.0 Å². The maximum absolute atomic E-state index is 15.3. The number of aromatic nitrogens is 2. The summed E-state index contributed by atoms with van der Waals surface area (Å²) >= 11 is 1.18. The summed E-state index contributed by atoms with van der Waals surface area (Å²) in [5.41, 5.74) is 4.45. The molecule has 1 saturated heterocycles. The van der Waals surface area contributed by atoms with E-state index in [2.05, 4.69) is 32.1 Å². The molecule has 1 N–H and O–H groups in total. The van der Waals surface area contributed by atoms with Crippen molar-refractivity contribution in [1.29, 1.82) is 0 Å². The smallest absolute Gasteiger partial charge is 0.176 e. The molecule has 1 fully saturated rings. The average molecular weight is 520 g/mol. The Balaban J connectivity index is 1.32. The predicted molar refractivity (Wildman–Crippen MR) is 143 cm³/mol. The molecule has 0 aliphatic carbocycles. The summed E-state index contributed by atoms with van der Waals surface area (Å²) in [5, 5.41) is 3.51. The van der Waals surface area contributed by atoms with E-state index in [1.807, 2.05) is 6.07 Å². The summed E-state index contributed by atoms with van der Waals surface area (Å²) in [5.74, 6) is -1.77. The Bertz CT molecular complexity index is 1610. The van der Waals surface area contributed by atoms with Crippen LogP contribution in [0, 0.1) is 17.5 Å². The van der Waals surface area contributed by atoms with E-state index in [1.165, 1.54) is 22.9 Å². The SMILES string of the molecule is CN1CCN(Cc2ccc(-c3ccc4nccc(Nc5c(F)cc6scnc6c5F)c4c3)c(F)c2)CC1. The van der Waals surface area contributed by atoms with Crippen LogP contribution in [0.5, 0.6) is 0 Å². The van der Waals surface area contributed by atoms with Crippen LogP contribution < -0.4 is 5.32 Å². The van der Waals surface area contributed by atoms with E-state index in [-0.39, 0.29) is 17.0 Å². The Labute approximate surface area is 216 Å². The number of fused-ring (bicyclic) bond motifs is 2. The van der Waals surface area contributed by atoms with Crippen LogP contribution in [0.1, 0.15) is 5.56 Å². The van der Waals surface area contributed by atoms with Crippen LogP contribution in [0.3, 0.4) is 0 Å². The maximum Gasteiger partial charge on any atom is 0.176 e. The second kappa shape index (κ2) is 9.74. The average Bonchev–Trinajstić information content (AvgIpc) is 3.36. The van der Waals surface area contributed by atoms with E-state index >= 15 is 8.78 Å². The van der Waals surface area contributed by atoms with Crippen LogP contribution >= 0.6 is 11.3 Å². The minimum atomic E-state index is -0.751. The van der Waals surface area contributed by atoms with Gasteiger partial charge in [-0.05, 0) is 48.5 Å². The van der Waals surface area contributed by atoms with Crippen molar-refractivity contribution in [1.82, 2.24) is 19.8 Å². The third-order valence-electron chi connectivity index (χ3n) is 6.87. The number of thiazole rings is 1. The number of likely N-dealkylation sites (N-methyl/N-ethyl adjacent to an activating group) is 1. The summed E-state index contributed by atoms with van der Waals surface area (Å²) in [7, 11) is 2.11. The third kappa shape index (κ3) is 4.66. The molecule has 9 heteroatoms. The molecule has 0 unspecified atom stereocenters. The van der Waals surface area contributed by atoms with Crippen molar-refractivity contribution in [2.75, 3.05) is 38.5 Å². The largest absolute Gasteiger partial charge is 0.350 e. The molecular formula is C28H24F3N5S. The van der Waals surface area contributed by atoms with Crippen LogP contribution in [0.15, 0.2) is 60.2 Å². The zero-order chi connectivity index (χ0) is 25.5. The highest BCUT2D eigenvalue weighted by Crippen LogP contribution is 2.35. The first-order valence-electron chi connectivity index (χ1n) is 12.0. The number of rotatable bonds is 5. The quantitative estimate of drug-likeness (QED) is 0.290. The number of piperazine rings is 1. The molecule has 2 aromatic heterocycles. The first-order chi connectivity index (χ1) is 18.0. The van der Waals surface area contributed by atoms with Gasteiger partial charge in [-0.25, -0.2) is 18.2 Å². The van der Waals surface area contributed by atoms with Gasteiger partial charge in [-0.15, -0.1) is 11.3 Å². The van der Waals surface area contributed by atoms with Crippen LogP contribution in [-0.4, -0.2) is 53.0 Å². The van der Waals surface area contributed by atoms with Gasteiger partial charge in [-0.3, -0.25) is 9.88 Å². The number of nitrogens with zero attached hydrogens (tertiary/aromatic N) is 4. The highest BCUT2D eigenvalue weighted by molar-refractivity contribution is 7.16. The number of nitrogens with one attached hydrogen (secondary N) is 1. The fourth-order valence-electron chi connectivity index (χ4n) is 4.76. The number of anilines is 2. The Morgan fingerprint density at radius 2 is 1.76 bits per heavy atom. The Morgan fingerprint density at radius 3 is 2.57 bits per heavy atom. The van der Waals surface area contributed by atoms with E-state index < -0.39 is 11.6 Å². The van der Waals surface area contributed by atoms with Gasteiger partial charge in [-0.2, -0.15) is 0 Å². The molecule has 0 amide bonds. The summed E-state index contributed by atoms with van der Waals surface area (Å²) in [6.45, 7) is 4.65. The van der Waals surface area contributed by atoms with Gasteiger partial charge in [0.15, 0.2) is 11.6 Å². The van der Waals surface area contributed by atoms with Crippen molar-refractivity contribution in [2.24, 2.45) is 0 Å². The molecule has 0 atom stereocenters. The summed E-state index contributed by atoms with van der Waals surface area (Å²) in [6, 6.07) is 13.6. The molecule has 3 aromatic carbocycles. The Hall–Kier alpha value is -3.53. The summed E-state index contributed by atoms with van der Waals surface area (Å²) < 4.78 is 45.5. The molecule has 0 bridgehead atoms. The van der Waals surface area contributed by atoms with E-state index in [0.717, 1.165) is 31.7 Å². The molecule has 188 valence electrons. The number of hydrogen-bond acceptors (Lipinski definition) is 6. The van der Waals surface area contributed by atoms with Crippen LogP contribution in [0.25, 0.3) is 32.2 Å². The van der Waals surface area contributed by atoms with Gasteiger partial charge in [0.1, 0.15) is 17.0 Å². The van der Waals surface area contributed by atoms with Gasteiger partial charge in [0.25, 0.3) is 0 Å². The van der Waals surface area contributed by atoms with Gasteiger partial charge in [0.2, 0.25) is 0 Å². The second-order valence-corrected chi connectivity index (χ2v) is 10.2. The van der Waals surface area contributed by atoms with Crippen molar-refractivity contribution in [3.05, 3.63) is 83.3 Å². The molecule has 6 rings (SSSR count). The van der Waals surface area contributed by atoms with Crippen LogP contribution in [-0.2, 0) is 6.54 Å². The van der Waals surface area contributed by atoms with Crippen LogP contribution in [0.4, 0.5) is 24.5 Å². The fraction of sp³-hybridized carbons (Fsp3) is 0.214. The molecule has 3 heterocycles. The Kier molecular flexibility index (Phi) is 6.27. The molecular weight excluding hydrogens is 495 g/mol. The zero-order valence-electron chi connectivity index (χ0n) is 20.1. The van der Waals surface area contributed by atoms with Crippen molar-refractivity contribution < 1.29 is 13.2 Å². The second-order valence-electron chi connectivity index (χ2n) is 9.36. The van der Waals surface area contributed by atoms with Crippen molar-refractivity contribution >= 4 is 43.8 Å². The third-order valence-corrected chi connectivity index (χ3v) is 7.64. The molecule has 5 aromatic rings. The van der Waals surface area contributed by atoms with Gasteiger partial charge in [0, 0.05) is 55.6 Å². The fourth-order valence-corrected chi connectivity index (χ4v) is 5.46.